The number of hydrogen-bond donors (Lipinski definition) is 0. The first-order chi connectivity index (χ1) is 16.0. The van der Waals surface area contributed by atoms with Crippen molar-refractivity contribution < 1.29 is 23.8 Å². The van der Waals surface area contributed by atoms with Crippen LogP contribution >= 0.6 is 24.0 Å². The van der Waals surface area contributed by atoms with E-state index in [-0.39, 0.29) is 18.3 Å². The number of ether oxygens (including phenoxy) is 3. The Bertz CT molecular complexity index is 1020. The van der Waals surface area contributed by atoms with Crippen molar-refractivity contribution in [3.8, 4) is 11.5 Å². The molecule has 8 heteroatoms. The van der Waals surface area contributed by atoms with Crippen LogP contribution in [0.15, 0.2) is 53.4 Å². The number of thioether (sulfide) groups is 1. The van der Waals surface area contributed by atoms with Gasteiger partial charge in [-0.15, -0.1) is 0 Å². The molecule has 1 fully saturated rings. The maximum atomic E-state index is 12.8. The van der Waals surface area contributed by atoms with Crippen LogP contribution in [-0.2, 0) is 20.9 Å². The summed E-state index contributed by atoms with van der Waals surface area (Å²) < 4.78 is 16.9. The summed E-state index contributed by atoms with van der Waals surface area (Å²) in [4.78, 5) is 26.6. The first-order valence-corrected chi connectivity index (χ1v) is 12.0. The van der Waals surface area contributed by atoms with E-state index in [0.717, 1.165) is 17.5 Å². The minimum absolute atomic E-state index is 0.157. The average Bonchev–Trinajstić information content (AvgIpc) is 3.09. The number of rotatable bonds is 11. The Labute approximate surface area is 203 Å². The highest BCUT2D eigenvalue weighted by Crippen LogP contribution is 2.35. The highest BCUT2D eigenvalue weighted by molar-refractivity contribution is 8.26. The Kier molecular flexibility index (Phi) is 9.33. The maximum absolute atomic E-state index is 12.8. The molecule has 2 aromatic rings. The van der Waals surface area contributed by atoms with Crippen LogP contribution in [0.1, 0.15) is 37.3 Å². The topological polar surface area (TPSA) is 65.1 Å². The smallest absolute Gasteiger partial charge is 0.305 e. The van der Waals surface area contributed by atoms with Gasteiger partial charge in [0.15, 0.2) is 11.5 Å². The van der Waals surface area contributed by atoms with Crippen LogP contribution in [0.5, 0.6) is 11.5 Å². The molecule has 0 unspecified atom stereocenters. The second kappa shape index (κ2) is 12.4. The molecule has 1 saturated heterocycles. The fraction of sp³-hybridized carbons (Fsp3) is 0.320. The summed E-state index contributed by atoms with van der Waals surface area (Å²) >= 11 is 6.63. The predicted octanol–water partition coefficient (Wildman–Crippen LogP) is 5.21. The van der Waals surface area contributed by atoms with Crippen molar-refractivity contribution >= 4 is 46.3 Å². The molecule has 0 radical (unpaired) electrons. The fourth-order valence-electron chi connectivity index (χ4n) is 3.14. The lowest BCUT2D eigenvalue weighted by Crippen LogP contribution is -2.29. The van der Waals surface area contributed by atoms with Gasteiger partial charge in [-0.1, -0.05) is 67.3 Å². The van der Waals surface area contributed by atoms with Gasteiger partial charge >= 0.3 is 5.97 Å². The van der Waals surface area contributed by atoms with Crippen molar-refractivity contribution in [3.05, 3.63) is 64.6 Å². The fourth-order valence-corrected chi connectivity index (χ4v) is 4.45. The molecule has 0 aliphatic carbocycles. The van der Waals surface area contributed by atoms with Crippen LogP contribution in [0.3, 0.4) is 0 Å². The molecular weight excluding hydrogens is 458 g/mol. The van der Waals surface area contributed by atoms with Crippen LogP contribution in [0.4, 0.5) is 0 Å². The number of amides is 1. The number of methoxy groups -OCH3 is 1. The Morgan fingerprint density at radius 1 is 1.15 bits per heavy atom. The molecule has 174 valence electrons. The lowest BCUT2D eigenvalue weighted by molar-refractivity contribution is -0.144. The third-order valence-corrected chi connectivity index (χ3v) is 6.20. The Balaban J connectivity index is 1.61. The van der Waals surface area contributed by atoms with Crippen molar-refractivity contribution in [1.82, 2.24) is 4.90 Å². The molecule has 0 atom stereocenters. The van der Waals surface area contributed by atoms with Gasteiger partial charge in [0.25, 0.3) is 5.91 Å². The molecule has 0 saturated carbocycles. The van der Waals surface area contributed by atoms with Gasteiger partial charge in [0.05, 0.1) is 18.6 Å². The third kappa shape index (κ3) is 7.07. The van der Waals surface area contributed by atoms with Crippen molar-refractivity contribution in [2.75, 3.05) is 20.3 Å². The van der Waals surface area contributed by atoms with Crippen LogP contribution in [0, 0.1) is 0 Å². The molecule has 1 heterocycles. The molecule has 6 nitrogen and oxygen atoms in total. The van der Waals surface area contributed by atoms with Crippen LogP contribution in [0.2, 0.25) is 0 Å². The highest BCUT2D eigenvalue weighted by atomic mass is 32.2. The van der Waals surface area contributed by atoms with Gasteiger partial charge < -0.3 is 14.2 Å². The van der Waals surface area contributed by atoms with Gasteiger partial charge in [-0.05, 0) is 42.2 Å². The molecule has 1 amide bonds. The zero-order chi connectivity index (χ0) is 23.6. The van der Waals surface area contributed by atoms with E-state index in [1.54, 1.807) is 13.2 Å². The molecule has 0 N–H and O–H groups in total. The number of benzene rings is 2. The Hall–Kier alpha value is -2.84. The molecule has 2 aromatic carbocycles. The van der Waals surface area contributed by atoms with Crippen LogP contribution in [-0.4, -0.2) is 41.4 Å². The number of thiocarbonyl (C=S) groups is 1. The second-order valence-corrected chi connectivity index (χ2v) is 9.02. The first kappa shape index (κ1) is 24.8. The van der Waals surface area contributed by atoms with Gasteiger partial charge in [-0.2, -0.15) is 0 Å². The molecule has 33 heavy (non-hydrogen) atoms. The van der Waals surface area contributed by atoms with Gasteiger partial charge in [0, 0.05) is 13.0 Å². The maximum Gasteiger partial charge on any atom is 0.305 e. The van der Waals surface area contributed by atoms with E-state index in [1.807, 2.05) is 55.5 Å². The van der Waals surface area contributed by atoms with Crippen LogP contribution in [0.25, 0.3) is 6.08 Å². The van der Waals surface area contributed by atoms with E-state index in [0.29, 0.717) is 46.9 Å². The Morgan fingerprint density at radius 2 is 1.94 bits per heavy atom. The van der Waals surface area contributed by atoms with Gasteiger partial charge in [-0.3, -0.25) is 14.5 Å². The first-order valence-electron chi connectivity index (χ1n) is 10.8. The van der Waals surface area contributed by atoms with E-state index >= 15 is 0 Å². The summed E-state index contributed by atoms with van der Waals surface area (Å²) in [6.45, 7) is 3.18. The van der Waals surface area contributed by atoms with E-state index in [9.17, 15) is 9.59 Å². The molecular formula is C25H27NO5S2. The summed E-state index contributed by atoms with van der Waals surface area (Å²) in [6.07, 6.45) is 3.34. The third-order valence-electron chi connectivity index (χ3n) is 4.83. The zero-order valence-electron chi connectivity index (χ0n) is 18.7. The minimum Gasteiger partial charge on any atom is -0.493 e. The lowest BCUT2D eigenvalue weighted by atomic mass is 10.1. The zero-order valence-corrected chi connectivity index (χ0v) is 20.4. The number of carbonyl (C=O) groups is 2. The van der Waals surface area contributed by atoms with Crippen molar-refractivity contribution in [2.45, 2.75) is 32.8 Å². The standard InChI is InChI=1S/C25H27NO5S2/c1-3-14-30-23(27)10-7-13-26-24(28)22(33-25(26)32)16-19-11-12-20(21(15-19)29-2)31-17-18-8-5-4-6-9-18/h4-6,8-9,11-12,15-16H,3,7,10,13-14,17H2,1-2H3/b22-16-. The molecule has 0 aromatic heterocycles. The average molecular weight is 486 g/mol. The second-order valence-electron chi connectivity index (χ2n) is 7.34. The SMILES string of the molecule is CCCOC(=O)CCCN1C(=O)/C(=C/c2ccc(OCc3ccccc3)c(OC)c2)SC1=S. The summed E-state index contributed by atoms with van der Waals surface area (Å²) in [7, 11) is 1.58. The van der Waals surface area contributed by atoms with E-state index in [1.165, 1.54) is 16.7 Å². The Morgan fingerprint density at radius 3 is 2.67 bits per heavy atom. The van der Waals surface area contributed by atoms with E-state index < -0.39 is 0 Å². The predicted molar refractivity (Wildman–Crippen MR) is 134 cm³/mol. The molecule has 0 spiro atoms. The highest BCUT2D eigenvalue weighted by Gasteiger charge is 2.31. The van der Waals surface area contributed by atoms with Crippen molar-refractivity contribution in [3.63, 3.8) is 0 Å². The quantitative estimate of drug-likeness (QED) is 0.246. The monoisotopic (exact) mass is 485 g/mol. The molecule has 3 rings (SSSR count). The summed E-state index contributed by atoms with van der Waals surface area (Å²) in [6, 6.07) is 15.4. The molecule has 0 bridgehead atoms. The summed E-state index contributed by atoms with van der Waals surface area (Å²) in [5.41, 5.74) is 1.87. The number of esters is 1. The van der Waals surface area contributed by atoms with Crippen molar-refractivity contribution in [2.24, 2.45) is 0 Å². The molecule has 1 aliphatic rings. The van der Waals surface area contributed by atoms with Gasteiger partial charge in [0.1, 0.15) is 10.9 Å². The van der Waals surface area contributed by atoms with Crippen LogP contribution < -0.4 is 9.47 Å². The van der Waals surface area contributed by atoms with E-state index in [2.05, 4.69) is 0 Å². The van der Waals surface area contributed by atoms with E-state index in [4.69, 9.17) is 26.4 Å². The largest absolute Gasteiger partial charge is 0.493 e. The number of hydrogen-bond acceptors (Lipinski definition) is 7. The summed E-state index contributed by atoms with van der Waals surface area (Å²) in [5.74, 6) is 0.802. The lowest BCUT2D eigenvalue weighted by Gasteiger charge is -2.14. The van der Waals surface area contributed by atoms with Gasteiger partial charge in [-0.25, -0.2) is 0 Å². The van der Waals surface area contributed by atoms with Crippen molar-refractivity contribution in [1.29, 1.82) is 0 Å². The number of nitrogens with zero attached hydrogens (tertiary/aromatic N) is 1. The minimum atomic E-state index is -0.250. The summed E-state index contributed by atoms with van der Waals surface area (Å²) in [5, 5.41) is 0. The normalized spacial score (nSPS) is 14.6. The van der Waals surface area contributed by atoms with Gasteiger partial charge in [0.2, 0.25) is 0 Å². The molecule has 1 aliphatic heterocycles. The number of carbonyl (C=O) groups excluding carboxylic acids is 2.